The van der Waals surface area contributed by atoms with Crippen molar-refractivity contribution in [3.05, 3.63) is 17.5 Å². The van der Waals surface area contributed by atoms with E-state index in [2.05, 4.69) is 10.1 Å². The molecule has 2 aliphatic heterocycles. The summed E-state index contributed by atoms with van der Waals surface area (Å²) in [5.41, 5.74) is 0.396. The number of nitrogens with zero attached hydrogens (tertiary/aromatic N) is 4. The lowest BCUT2D eigenvalue weighted by molar-refractivity contribution is -0.137. The summed E-state index contributed by atoms with van der Waals surface area (Å²) in [4.78, 5) is 30.9. The summed E-state index contributed by atoms with van der Waals surface area (Å²) < 4.78 is 5.27. The molecule has 1 unspecified atom stereocenters. The van der Waals surface area contributed by atoms with Gasteiger partial charge in [-0.25, -0.2) is 0 Å². The second kappa shape index (κ2) is 6.20. The monoisotopic (exact) mass is 332 g/mol. The maximum atomic E-state index is 12.6. The number of amides is 2. The van der Waals surface area contributed by atoms with Crippen molar-refractivity contribution in [3.63, 3.8) is 0 Å². The third kappa shape index (κ3) is 2.92. The number of likely N-dealkylation sites (tertiary alicyclic amines) is 1. The van der Waals surface area contributed by atoms with Gasteiger partial charge in [0.25, 0.3) is 5.91 Å². The van der Waals surface area contributed by atoms with Crippen molar-refractivity contribution in [1.82, 2.24) is 19.9 Å². The van der Waals surface area contributed by atoms with Gasteiger partial charge in [0.2, 0.25) is 5.91 Å². The van der Waals surface area contributed by atoms with Gasteiger partial charge in [0.05, 0.1) is 6.04 Å². The Balaban J connectivity index is 1.33. The van der Waals surface area contributed by atoms with Crippen molar-refractivity contribution < 1.29 is 14.1 Å². The normalized spacial score (nSPS) is 25.3. The highest BCUT2D eigenvalue weighted by Gasteiger charge is 2.34. The zero-order valence-electron chi connectivity index (χ0n) is 14.1. The molecule has 2 saturated heterocycles. The molecule has 1 aromatic rings. The molecule has 2 amide bonds. The van der Waals surface area contributed by atoms with Crippen molar-refractivity contribution >= 4 is 11.8 Å². The molecule has 0 bridgehead atoms. The first-order valence-electron chi connectivity index (χ1n) is 8.88. The predicted octanol–water partition coefficient (Wildman–Crippen LogP) is 0.931. The highest BCUT2D eigenvalue weighted by Crippen LogP contribution is 2.40. The molecule has 24 heavy (non-hydrogen) atoms. The Morgan fingerprint density at radius 3 is 2.42 bits per heavy atom. The molecule has 0 radical (unpaired) electrons. The van der Waals surface area contributed by atoms with Gasteiger partial charge in [-0.1, -0.05) is 5.16 Å². The van der Waals surface area contributed by atoms with Crippen LogP contribution in [-0.4, -0.2) is 77.5 Å². The van der Waals surface area contributed by atoms with E-state index in [-0.39, 0.29) is 17.9 Å². The minimum atomic E-state index is -0.0873. The minimum Gasteiger partial charge on any atom is -0.360 e. The van der Waals surface area contributed by atoms with Crippen LogP contribution in [0.1, 0.15) is 47.8 Å². The molecule has 1 aromatic heterocycles. The number of hydrogen-bond donors (Lipinski definition) is 0. The summed E-state index contributed by atoms with van der Waals surface area (Å²) in [5.74, 6) is 1.41. The van der Waals surface area contributed by atoms with E-state index in [0.29, 0.717) is 37.8 Å². The molecule has 130 valence electrons. The third-order valence-corrected chi connectivity index (χ3v) is 5.41. The zero-order chi connectivity index (χ0) is 16.7. The first-order valence-corrected chi connectivity index (χ1v) is 8.88. The Morgan fingerprint density at radius 2 is 1.79 bits per heavy atom. The molecule has 4 rings (SSSR count). The Labute approximate surface area is 141 Å². The fourth-order valence-electron chi connectivity index (χ4n) is 3.68. The van der Waals surface area contributed by atoms with Crippen LogP contribution >= 0.6 is 0 Å². The van der Waals surface area contributed by atoms with Gasteiger partial charge in [-0.15, -0.1) is 0 Å². The zero-order valence-corrected chi connectivity index (χ0v) is 14.1. The van der Waals surface area contributed by atoms with E-state index < -0.39 is 0 Å². The summed E-state index contributed by atoms with van der Waals surface area (Å²) in [6.45, 7) is 3.31. The van der Waals surface area contributed by atoms with Crippen molar-refractivity contribution in [2.45, 2.75) is 37.6 Å². The van der Waals surface area contributed by atoms with E-state index in [1.165, 1.54) is 0 Å². The molecular weight excluding hydrogens is 308 g/mol. The Morgan fingerprint density at radius 1 is 1.08 bits per heavy atom. The number of rotatable bonds is 3. The van der Waals surface area contributed by atoms with Crippen molar-refractivity contribution in [2.75, 3.05) is 39.8 Å². The summed E-state index contributed by atoms with van der Waals surface area (Å²) >= 11 is 0. The van der Waals surface area contributed by atoms with Gasteiger partial charge in [0, 0.05) is 38.2 Å². The summed E-state index contributed by atoms with van der Waals surface area (Å²) in [6, 6.07) is 1.80. The molecule has 0 aromatic carbocycles. The molecule has 3 heterocycles. The second-order valence-corrected chi connectivity index (χ2v) is 7.14. The predicted molar refractivity (Wildman–Crippen MR) is 86.6 cm³/mol. The Hall–Kier alpha value is -1.89. The van der Waals surface area contributed by atoms with Crippen LogP contribution in [0, 0.1) is 0 Å². The number of aromatic nitrogens is 1. The molecule has 0 N–H and O–H groups in total. The fraction of sp³-hybridized carbons (Fsp3) is 0.706. The van der Waals surface area contributed by atoms with Gasteiger partial charge in [0.1, 0.15) is 5.76 Å². The van der Waals surface area contributed by atoms with E-state index in [4.69, 9.17) is 4.52 Å². The van der Waals surface area contributed by atoms with Gasteiger partial charge in [0.15, 0.2) is 5.69 Å². The van der Waals surface area contributed by atoms with Crippen LogP contribution in [0.15, 0.2) is 10.6 Å². The number of piperazine rings is 1. The van der Waals surface area contributed by atoms with E-state index in [9.17, 15) is 9.59 Å². The lowest BCUT2D eigenvalue weighted by atomic mass is 10.1. The summed E-state index contributed by atoms with van der Waals surface area (Å²) in [6.07, 6.45) is 4.27. The SMILES string of the molecule is CN1CCCC1C(=O)N1CCN(C(=O)c2cc(C3CC3)on2)CC1. The van der Waals surface area contributed by atoms with Crippen LogP contribution in [0.2, 0.25) is 0 Å². The van der Waals surface area contributed by atoms with Gasteiger partial charge in [-0.3, -0.25) is 14.5 Å². The molecule has 0 spiro atoms. The standard InChI is InChI=1S/C17H24N4O3/c1-19-6-2-3-14(19)17(23)21-9-7-20(8-10-21)16(22)13-11-15(24-18-13)12-4-5-12/h11-12,14H,2-10H2,1H3. The van der Waals surface area contributed by atoms with Gasteiger partial charge < -0.3 is 14.3 Å². The lowest BCUT2D eigenvalue weighted by Gasteiger charge is -2.36. The van der Waals surface area contributed by atoms with Gasteiger partial charge in [-0.2, -0.15) is 0 Å². The van der Waals surface area contributed by atoms with Crippen molar-refractivity contribution in [1.29, 1.82) is 0 Å². The molecule has 7 nitrogen and oxygen atoms in total. The second-order valence-electron chi connectivity index (χ2n) is 7.14. The molecule has 1 saturated carbocycles. The number of carbonyl (C=O) groups excluding carboxylic acids is 2. The largest absolute Gasteiger partial charge is 0.360 e. The van der Waals surface area contributed by atoms with Crippen LogP contribution in [0.4, 0.5) is 0 Å². The summed E-state index contributed by atoms with van der Waals surface area (Å²) in [5, 5.41) is 3.93. The van der Waals surface area contributed by atoms with Crippen LogP contribution in [0.5, 0.6) is 0 Å². The average molecular weight is 332 g/mol. The number of likely N-dealkylation sites (N-methyl/N-ethyl adjacent to an activating group) is 1. The van der Waals surface area contributed by atoms with Crippen LogP contribution in [0.25, 0.3) is 0 Å². The average Bonchev–Trinajstić information content (AvgIpc) is 3.18. The van der Waals surface area contributed by atoms with Crippen LogP contribution < -0.4 is 0 Å². The fourth-order valence-corrected chi connectivity index (χ4v) is 3.68. The molecule has 3 fully saturated rings. The minimum absolute atomic E-state index is 0.0175. The summed E-state index contributed by atoms with van der Waals surface area (Å²) in [7, 11) is 2.01. The molecule has 1 atom stereocenters. The van der Waals surface area contributed by atoms with E-state index in [0.717, 1.165) is 38.0 Å². The van der Waals surface area contributed by atoms with Gasteiger partial charge in [-0.05, 0) is 39.3 Å². The van der Waals surface area contributed by atoms with E-state index in [1.807, 2.05) is 11.9 Å². The Kier molecular flexibility index (Phi) is 4.04. The smallest absolute Gasteiger partial charge is 0.276 e. The highest BCUT2D eigenvalue weighted by molar-refractivity contribution is 5.92. The maximum absolute atomic E-state index is 12.6. The first-order chi connectivity index (χ1) is 11.6. The molecule has 7 heteroatoms. The molecule has 1 aliphatic carbocycles. The number of carbonyl (C=O) groups is 2. The number of hydrogen-bond acceptors (Lipinski definition) is 5. The highest BCUT2D eigenvalue weighted by atomic mass is 16.5. The van der Waals surface area contributed by atoms with E-state index in [1.54, 1.807) is 11.0 Å². The lowest BCUT2D eigenvalue weighted by Crippen LogP contribution is -2.54. The third-order valence-electron chi connectivity index (χ3n) is 5.41. The van der Waals surface area contributed by atoms with Crippen molar-refractivity contribution in [2.24, 2.45) is 0 Å². The molecular formula is C17H24N4O3. The quantitative estimate of drug-likeness (QED) is 0.824. The molecule has 3 aliphatic rings. The first kappa shape index (κ1) is 15.6. The van der Waals surface area contributed by atoms with Crippen LogP contribution in [-0.2, 0) is 4.79 Å². The topological polar surface area (TPSA) is 69.9 Å². The van der Waals surface area contributed by atoms with E-state index >= 15 is 0 Å². The maximum Gasteiger partial charge on any atom is 0.276 e. The van der Waals surface area contributed by atoms with Gasteiger partial charge >= 0.3 is 0 Å². The van der Waals surface area contributed by atoms with Crippen LogP contribution in [0.3, 0.4) is 0 Å². The van der Waals surface area contributed by atoms with Crippen molar-refractivity contribution in [3.8, 4) is 0 Å². The Bertz CT molecular complexity index is 632.